The molecule has 1 aliphatic rings. The lowest BCUT2D eigenvalue weighted by Gasteiger charge is -2.24. The minimum atomic E-state index is -0.960. The molecular formula is C20H34O2. The molecule has 0 aliphatic heterocycles. The summed E-state index contributed by atoms with van der Waals surface area (Å²) in [6.07, 6.45) is 12.2. The van der Waals surface area contributed by atoms with Gasteiger partial charge in [0.1, 0.15) is 0 Å². The van der Waals surface area contributed by atoms with Gasteiger partial charge in [0.25, 0.3) is 0 Å². The molecule has 0 heterocycles. The molecule has 2 nitrogen and oxygen atoms in total. The third kappa shape index (κ3) is 7.42. The van der Waals surface area contributed by atoms with Crippen LogP contribution in [0.1, 0.15) is 66.7 Å². The first-order valence-corrected chi connectivity index (χ1v) is 8.62. The average molecular weight is 306 g/mol. The molecule has 1 aliphatic carbocycles. The Bertz CT molecular complexity index is 427. The largest absolute Gasteiger partial charge is 0.389 e. The van der Waals surface area contributed by atoms with Crippen LogP contribution in [0.15, 0.2) is 35.5 Å². The Kier molecular flexibility index (Phi) is 7.58. The van der Waals surface area contributed by atoms with Crippen molar-refractivity contribution < 1.29 is 10.2 Å². The van der Waals surface area contributed by atoms with E-state index in [1.165, 1.54) is 11.1 Å². The highest BCUT2D eigenvalue weighted by molar-refractivity contribution is 5.10. The zero-order valence-electron chi connectivity index (χ0n) is 15.0. The van der Waals surface area contributed by atoms with E-state index in [9.17, 15) is 10.2 Å². The lowest BCUT2D eigenvalue weighted by atomic mass is 9.86. The van der Waals surface area contributed by atoms with E-state index in [1.807, 2.05) is 12.2 Å². The maximum Gasteiger partial charge on any atom is 0.0827 e. The molecule has 0 aromatic heterocycles. The van der Waals surface area contributed by atoms with Crippen molar-refractivity contribution in [3.8, 4) is 0 Å². The lowest BCUT2D eigenvalue weighted by Crippen LogP contribution is -2.27. The number of hydrogen-bond acceptors (Lipinski definition) is 2. The first-order valence-electron chi connectivity index (χ1n) is 8.62. The van der Waals surface area contributed by atoms with Crippen LogP contribution in [0, 0.1) is 11.8 Å². The molecule has 22 heavy (non-hydrogen) atoms. The molecule has 0 fully saturated rings. The Labute approximate surface area is 136 Å². The quantitative estimate of drug-likeness (QED) is 0.684. The summed E-state index contributed by atoms with van der Waals surface area (Å²) in [6.45, 7) is 10.5. The standard InChI is InChI=1S/C20H34O2/c1-15(2)18-10-9-16(3)7-6-8-17(4)13-19(21)14-20(5,22)12-11-18/h7,11-13,15,18-19,21-22H,6,8-10,14H2,1-5H3/b12-11-,16-7+,17-13+/t18-,19-,20+/m0/s1. The van der Waals surface area contributed by atoms with Crippen molar-refractivity contribution in [2.45, 2.75) is 78.4 Å². The highest BCUT2D eigenvalue weighted by atomic mass is 16.3. The Morgan fingerprint density at radius 1 is 1.18 bits per heavy atom. The van der Waals surface area contributed by atoms with Crippen molar-refractivity contribution in [2.24, 2.45) is 11.8 Å². The Balaban J connectivity index is 2.97. The van der Waals surface area contributed by atoms with E-state index in [-0.39, 0.29) is 0 Å². The van der Waals surface area contributed by atoms with Crippen molar-refractivity contribution >= 4 is 0 Å². The summed E-state index contributed by atoms with van der Waals surface area (Å²) in [7, 11) is 0. The summed E-state index contributed by atoms with van der Waals surface area (Å²) in [6, 6.07) is 0. The molecule has 1 rings (SSSR count). The smallest absolute Gasteiger partial charge is 0.0827 e. The molecule has 126 valence electrons. The van der Waals surface area contributed by atoms with Crippen LogP contribution < -0.4 is 0 Å². The number of rotatable bonds is 1. The molecule has 2 N–H and O–H groups in total. The van der Waals surface area contributed by atoms with Gasteiger partial charge in [-0.1, -0.05) is 49.3 Å². The molecule has 0 saturated heterocycles. The van der Waals surface area contributed by atoms with Gasteiger partial charge in [0, 0.05) is 6.42 Å². The Morgan fingerprint density at radius 2 is 1.86 bits per heavy atom. The Hall–Kier alpha value is -0.860. The SMILES string of the molecule is C/C1=C\[C@H](O)C[C@](C)(O)/C=C\[C@@H](C(C)C)CC/C(C)=C/CC1. The van der Waals surface area contributed by atoms with E-state index in [2.05, 4.69) is 39.8 Å². The van der Waals surface area contributed by atoms with E-state index >= 15 is 0 Å². The molecule has 0 aromatic rings. The van der Waals surface area contributed by atoms with Crippen LogP contribution in [-0.4, -0.2) is 21.9 Å². The van der Waals surface area contributed by atoms with E-state index in [0.717, 1.165) is 25.7 Å². The minimum absolute atomic E-state index is 0.348. The van der Waals surface area contributed by atoms with Gasteiger partial charge in [-0.3, -0.25) is 0 Å². The molecule has 0 bridgehead atoms. The molecule has 0 aromatic carbocycles. The molecule has 3 atom stereocenters. The van der Waals surface area contributed by atoms with Gasteiger partial charge in [0.15, 0.2) is 0 Å². The second kappa shape index (κ2) is 8.69. The third-order valence-corrected chi connectivity index (χ3v) is 4.56. The fourth-order valence-electron chi connectivity index (χ4n) is 2.99. The minimum Gasteiger partial charge on any atom is -0.389 e. The van der Waals surface area contributed by atoms with Crippen molar-refractivity contribution in [1.29, 1.82) is 0 Å². The summed E-state index contributed by atoms with van der Waals surface area (Å²) >= 11 is 0. The first-order chi connectivity index (χ1) is 10.2. The first kappa shape index (κ1) is 19.2. The Morgan fingerprint density at radius 3 is 2.50 bits per heavy atom. The van der Waals surface area contributed by atoms with Gasteiger partial charge in [-0.15, -0.1) is 0 Å². The summed E-state index contributed by atoms with van der Waals surface area (Å²) in [4.78, 5) is 0. The predicted molar refractivity (Wildman–Crippen MR) is 94.7 cm³/mol. The van der Waals surface area contributed by atoms with Crippen LogP contribution in [0.25, 0.3) is 0 Å². The highest BCUT2D eigenvalue weighted by Gasteiger charge is 2.21. The van der Waals surface area contributed by atoms with Crippen molar-refractivity contribution in [2.75, 3.05) is 0 Å². The summed E-state index contributed by atoms with van der Waals surface area (Å²) in [5.41, 5.74) is 1.67. The molecular weight excluding hydrogens is 272 g/mol. The third-order valence-electron chi connectivity index (χ3n) is 4.56. The summed E-state index contributed by atoms with van der Waals surface area (Å²) in [5.74, 6) is 1.02. The van der Waals surface area contributed by atoms with Gasteiger partial charge in [-0.2, -0.15) is 0 Å². The van der Waals surface area contributed by atoms with Crippen LogP contribution in [0.3, 0.4) is 0 Å². The van der Waals surface area contributed by atoms with Crippen LogP contribution in [0.2, 0.25) is 0 Å². The topological polar surface area (TPSA) is 40.5 Å². The summed E-state index contributed by atoms with van der Waals surface area (Å²) in [5, 5.41) is 20.7. The fraction of sp³-hybridized carbons (Fsp3) is 0.700. The van der Waals surface area contributed by atoms with E-state index in [0.29, 0.717) is 18.3 Å². The van der Waals surface area contributed by atoms with Crippen LogP contribution in [0.4, 0.5) is 0 Å². The van der Waals surface area contributed by atoms with Gasteiger partial charge in [-0.05, 0) is 58.3 Å². The zero-order valence-corrected chi connectivity index (χ0v) is 15.0. The number of aliphatic hydroxyl groups is 2. The van der Waals surface area contributed by atoms with Crippen LogP contribution in [-0.2, 0) is 0 Å². The van der Waals surface area contributed by atoms with Crippen LogP contribution in [0.5, 0.6) is 0 Å². The second-order valence-corrected chi connectivity index (χ2v) is 7.54. The van der Waals surface area contributed by atoms with Crippen molar-refractivity contribution in [3.05, 3.63) is 35.5 Å². The van der Waals surface area contributed by atoms with Gasteiger partial charge in [0.2, 0.25) is 0 Å². The van der Waals surface area contributed by atoms with Gasteiger partial charge in [-0.25, -0.2) is 0 Å². The molecule has 0 saturated carbocycles. The average Bonchev–Trinajstić information content (AvgIpc) is 2.36. The lowest BCUT2D eigenvalue weighted by molar-refractivity contribution is 0.0565. The van der Waals surface area contributed by atoms with E-state index < -0.39 is 11.7 Å². The zero-order chi connectivity index (χ0) is 16.8. The second-order valence-electron chi connectivity index (χ2n) is 7.54. The maximum absolute atomic E-state index is 10.5. The maximum atomic E-state index is 10.5. The molecule has 0 spiro atoms. The molecule has 2 heteroatoms. The van der Waals surface area contributed by atoms with Crippen molar-refractivity contribution in [1.82, 2.24) is 0 Å². The molecule has 0 amide bonds. The van der Waals surface area contributed by atoms with Gasteiger partial charge in [0.05, 0.1) is 11.7 Å². The molecule has 0 unspecified atom stereocenters. The van der Waals surface area contributed by atoms with Gasteiger partial charge < -0.3 is 10.2 Å². The van der Waals surface area contributed by atoms with E-state index in [1.54, 1.807) is 6.92 Å². The molecule has 0 radical (unpaired) electrons. The van der Waals surface area contributed by atoms with Crippen LogP contribution >= 0.6 is 0 Å². The summed E-state index contributed by atoms with van der Waals surface area (Å²) < 4.78 is 0. The van der Waals surface area contributed by atoms with Crippen molar-refractivity contribution in [3.63, 3.8) is 0 Å². The highest BCUT2D eigenvalue weighted by Crippen LogP contribution is 2.25. The van der Waals surface area contributed by atoms with Gasteiger partial charge >= 0.3 is 0 Å². The van der Waals surface area contributed by atoms with E-state index in [4.69, 9.17) is 0 Å². The number of hydrogen-bond donors (Lipinski definition) is 2. The normalized spacial score (nSPS) is 38.5. The predicted octanol–water partition coefficient (Wildman–Crippen LogP) is 4.78. The fourth-order valence-corrected chi connectivity index (χ4v) is 2.99. The monoisotopic (exact) mass is 306 g/mol. The number of allylic oxidation sites excluding steroid dienone is 4. The number of aliphatic hydroxyl groups excluding tert-OH is 1.